The van der Waals surface area contributed by atoms with Crippen LogP contribution in [-0.2, 0) is 9.59 Å². The van der Waals surface area contributed by atoms with E-state index in [1.54, 1.807) is 18.2 Å². The van der Waals surface area contributed by atoms with Crippen LogP contribution in [0.2, 0.25) is 0 Å². The summed E-state index contributed by atoms with van der Waals surface area (Å²) in [5.74, 6) is -0.211. The van der Waals surface area contributed by atoms with Gasteiger partial charge in [0.2, 0.25) is 5.91 Å². The second-order valence-corrected chi connectivity index (χ2v) is 5.74. The zero-order chi connectivity index (χ0) is 14.5. The second-order valence-electron chi connectivity index (χ2n) is 4.52. The van der Waals surface area contributed by atoms with Gasteiger partial charge in [0.1, 0.15) is 11.8 Å². The van der Waals surface area contributed by atoms with Crippen molar-refractivity contribution in [1.82, 2.24) is 4.90 Å². The lowest BCUT2D eigenvalue weighted by Crippen LogP contribution is -2.44. The lowest BCUT2D eigenvalue weighted by atomic mass is 10.2. The monoisotopic (exact) mass is 295 g/mol. The summed E-state index contributed by atoms with van der Waals surface area (Å²) in [6.45, 7) is 2.02. The number of carbonyl (C=O) groups is 2. The normalized spacial score (nSPS) is 22.6. The fourth-order valence-corrected chi connectivity index (χ4v) is 3.67. The molecule has 5 nitrogen and oxygen atoms in total. The Hall–Kier alpha value is -1.69. The second kappa shape index (κ2) is 6.65. The third kappa shape index (κ3) is 3.25. The van der Waals surface area contributed by atoms with E-state index in [0.29, 0.717) is 11.5 Å². The van der Waals surface area contributed by atoms with E-state index < -0.39 is 12.0 Å². The van der Waals surface area contributed by atoms with Gasteiger partial charge in [-0.05, 0) is 24.6 Å². The van der Waals surface area contributed by atoms with Gasteiger partial charge in [0.15, 0.2) is 0 Å². The van der Waals surface area contributed by atoms with Crippen LogP contribution in [0.15, 0.2) is 28.9 Å². The molecule has 1 aliphatic rings. The third-order valence-electron chi connectivity index (χ3n) is 3.10. The van der Waals surface area contributed by atoms with Crippen molar-refractivity contribution in [2.45, 2.75) is 31.2 Å². The van der Waals surface area contributed by atoms with E-state index >= 15 is 0 Å². The fraction of sp³-hybridized carbons (Fsp3) is 0.429. The first-order valence-electron chi connectivity index (χ1n) is 6.51. The van der Waals surface area contributed by atoms with Crippen molar-refractivity contribution in [3.63, 3.8) is 0 Å². The highest BCUT2D eigenvalue weighted by molar-refractivity contribution is 8.00. The number of amides is 1. The van der Waals surface area contributed by atoms with E-state index in [-0.39, 0.29) is 11.3 Å². The Bertz CT molecular complexity index is 497. The number of hydrogen-bond donors (Lipinski definition) is 1. The number of carboxylic acids is 1. The first-order chi connectivity index (χ1) is 9.63. The molecule has 1 aromatic rings. The lowest BCUT2D eigenvalue weighted by molar-refractivity contribution is -0.147. The molecule has 0 aliphatic carbocycles. The molecular weight excluding hydrogens is 278 g/mol. The predicted octanol–water partition coefficient (Wildman–Crippen LogP) is 2.45. The number of rotatable bonds is 5. The molecule has 1 N–H and O–H groups in total. The first kappa shape index (κ1) is 14.7. The Balaban J connectivity index is 2.12. The maximum Gasteiger partial charge on any atom is 0.327 e. The zero-order valence-corrected chi connectivity index (χ0v) is 12.0. The first-order valence-corrected chi connectivity index (χ1v) is 7.56. The number of carbonyl (C=O) groups excluding carboxylic acids is 1. The summed E-state index contributed by atoms with van der Waals surface area (Å²) in [7, 11) is 0. The van der Waals surface area contributed by atoms with Gasteiger partial charge in [0, 0.05) is 11.8 Å². The molecule has 0 radical (unpaired) electrons. The van der Waals surface area contributed by atoms with Gasteiger partial charge in [-0.3, -0.25) is 4.79 Å². The van der Waals surface area contributed by atoms with Crippen LogP contribution in [0.5, 0.6) is 0 Å². The van der Waals surface area contributed by atoms with Gasteiger partial charge in [-0.1, -0.05) is 13.3 Å². The molecule has 2 atom stereocenters. The SMILES string of the molecule is CCCC1SCC(C(=O)O)N1C(=O)C=Cc1ccco1. The Morgan fingerprint density at radius 3 is 3.00 bits per heavy atom. The van der Waals surface area contributed by atoms with Crippen molar-refractivity contribution in [2.24, 2.45) is 0 Å². The van der Waals surface area contributed by atoms with Crippen LogP contribution in [0, 0.1) is 0 Å². The van der Waals surface area contributed by atoms with Gasteiger partial charge < -0.3 is 14.4 Å². The van der Waals surface area contributed by atoms with Crippen molar-refractivity contribution < 1.29 is 19.1 Å². The van der Waals surface area contributed by atoms with Gasteiger partial charge in [-0.25, -0.2) is 4.79 Å². The molecule has 1 amide bonds. The fourth-order valence-electron chi connectivity index (χ4n) is 2.14. The molecule has 0 saturated carbocycles. The summed E-state index contributed by atoms with van der Waals surface area (Å²) in [5, 5.41) is 9.16. The van der Waals surface area contributed by atoms with E-state index in [2.05, 4.69) is 0 Å². The van der Waals surface area contributed by atoms with Crippen LogP contribution in [0.25, 0.3) is 6.08 Å². The van der Waals surface area contributed by atoms with Gasteiger partial charge in [-0.2, -0.15) is 0 Å². The average molecular weight is 295 g/mol. The number of aliphatic carboxylic acids is 1. The highest BCUT2D eigenvalue weighted by atomic mass is 32.2. The summed E-state index contributed by atoms with van der Waals surface area (Å²) < 4.78 is 5.12. The summed E-state index contributed by atoms with van der Waals surface area (Å²) >= 11 is 1.53. The third-order valence-corrected chi connectivity index (χ3v) is 4.46. The van der Waals surface area contributed by atoms with Crippen LogP contribution >= 0.6 is 11.8 Å². The van der Waals surface area contributed by atoms with Gasteiger partial charge in [0.25, 0.3) is 0 Å². The zero-order valence-electron chi connectivity index (χ0n) is 11.2. The molecule has 0 aromatic carbocycles. The molecule has 0 spiro atoms. The van der Waals surface area contributed by atoms with Gasteiger partial charge in [-0.15, -0.1) is 11.8 Å². The van der Waals surface area contributed by atoms with E-state index in [4.69, 9.17) is 4.42 Å². The Morgan fingerprint density at radius 1 is 1.60 bits per heavy atom. The number of hydrogen-bond acceptors (Lipinski definition) is 4. The largest absolute Gasteiger partial charge is 0.480 e. The Labute approximate surface area is 121 Å². The summed E-state index contributed by atoms with van der Waals surface area (Å²) in [6, 6.07) is 2.72. The van der Waals surface area contributed by atoms with Crippen molar-refractivity contribution >= 4 is 29.7 Å². The Morgan fingerprint density at radius 2 is 2.40 bits per heavy atom. The van der Waals surface area contributed by atoms with Crippen molar-refractivity contribution in [1.29, 1.82) is 0 Å². The minimum absolute atomic E-state index is 0.0603. The van der Waals surface area contributed by atoms with Crippen LogP contribution in [0.3, 0.4) is 0 Å². The number of thioether (sulfide) groups is 1. The molecule has 6 heteroatoms. The highest BCUT2D eigenvalue weighted by Crippen LogP contribution is 2.32. The summed E-state index contributed by atoms with van der Waals surface area (Å²) in [4.78, 5) is 25.0. The van der Waals surface area contributed by atoms with Crippen LogP contribution in [0.1, 0.15) is 25.5 Å². The van der Waals surface area contributed by atoms with Gasteiger partial charge in [0.05, 0.1) is 11.6 Å². The van der Waals surface area contributed by atoms with Crippen LogP contribution < -0.4 is 0 Å². The van der Waals surface area contributed by atoms with E-state index in [0.717, 1.165) is 12.8 Å². The minimum Gasteiger partial charge on any atom is -0.480 e. The molecule has 108 valence electrons. The number of carboxylic acid groups (broad SMARTS) is 1. The molecule has 1 aromatic heterocycles. The van der Waals surface area contributed by atoms with Crippen molar-refractivity contribution in [3.8, 4) is 0 Å². The van der Waals surface area contributed by atoms with Crippen LogP contribution in [-0.4, -0.2) is 39.1 Å². The lowest BCUT2D eigenvalue weighted by Gasteiger charge is -2.25. The molecule has 1 saturated heterocycles. The molecular formula is C14H17NO4S. The number of nitrogens with zero attached hydrogens (tertiary/aromatic N) is 1. The Kier molecular flexibility index (Phi) is 4.89. The molecule has 0 bridgehead atoms. The molecule has 1 aliphatic heterocycles. The molecule has 1 fully saturated rings. The summed E-state index contributed by atoms with van der Waals surface area (Å²) in [6.07, 6.45) is 6.18. The molecule has 2 heterocycles. The standard InChI is InChI=1S/C14H17NO4S/c1-2-4-13-15(11(9-20-13)14(17)18)12(16)7-6-10-5-3-8-19-10/h3,5-8,11,13H,2,4,9H2,1H3,(H,17,18). The molecule has 2 rings (SSSR count). The molecule has 2 unspecified atom stereocenters. The maximum absolute atomic E-state index is 12.3. The van der Waals surface area contributed by atoms with Gasteiger partial charge >= 0.3 is 5.97 Å². The predicted molar refractivity (Wildman–Crippen MR) is 77.2 cm³/mol. The average Bonchev–Trinajstić information content (AvgIpc) is 3.05. The van der Waals surface area contributed by atoms with Crippen LogP contribution in [0.4, 0.5) is 0 Å². The minimum atomic E-state index is -0.948. The molecule has 20 heavy (non-hydrogen) atoms. The highest BCUT2D eigenvalue weighted by Gasteiger charge is 2.40. The maximum atomic E-state index is 12.3. The van der Waals surface area contributed by atoms with E-state index in [1.165, 1.54) is 29.0 Å². The number of furan rings is 1. The smallest absolute Gasteiger partial charge is 0.327 e. The van der Waals surface area contributed by atoms with Crippen molar-refractivity contribution in [2.75, 3.05) is 5.75 Å². The van der Waals surface area contributed by atoms with E-state index in [9.17, 15) is 14.7 Å². The topological polar surface area (TPSA) is 70.8 Å². The van der Waals surface area contributed by atoms with E-state index in [1.807, 2.05) is 6.92 Å². The summed E-state index contributed by atoms with van der Waals surface area (Å²) in [5.41, 5.74) is 0. The van der Waals surface area contributed by atoms with Crippen molar-refractivity contribution in [3.05, 3.63) is 30.2 Å². The quantitative estimate of drug-likeness (QED) is 0.845.